The van der Waals surface area contributed by atoms with Crippen LogP contribution in [-0.2, 0) is 16.1 Å². The Morgan fingerprint density at radius 2 is 2.10 bits per heavy atom. The lowest BCUT2D eigenvalue weighted by Crippen LogP contribution is -2.42. The standard InChI is InChI=1S/C14H19BrN2O3S/c1-2-16(7-11-5-6-12(15)21-11)13(18)8-17(9-14(19)20)10-3-4-10/h5-6,10H,2-4,7-9H2,1H3,(H,19,20). The lowest BCUT2D eigenvalue weighted by Gasteiger charge is -2.25. The Labute approximate surface area is 136 Å². The van der Waals surface area contributed by atoms with E-state index in [0.717, 1.165) is 21.5 Å². The van der Waals surface area contributed by atoms with Gasteiger partial charge in [-0.25, -0.2) is 0 Å². The molecule has 0 unspecified atom stereocenters. The number of halogens is 1. The molecule has 0 spiro atoms. The summed E-state index contributed by atoms with van der Waals surface area (Å²) < 4.78 is 1.05. The Morgan fingerprint density at radius 1 is 1.38 bits per heavy atom. The highest BCUT2D eigenvalue weighted by atomic mass is 79.9. The molecule has 0 atom stereocenters. The number of hydrogen-bond donors (Lipinski definition) is 1. The normalized spacial score (nSPS) is 14.4. The second-order valence-electron chi connectivity index (χ2n) is 5.14. The Kier molecular flexibility index (Phi) is 5.78. The van der Waals surface area contributed by atoms with Gasteiger partial charge in [-0.15, -0.1) is 11.3 Å². The summed E-state index contributed by atoms with van der Waals surface area (Å²) in [6.45, 7) is 3.28. The van der Waals surface area contributed by atoms with Crippen molar-refractivity contribution in [3.8, 4) is 0 Å². The van der Waals surface area contributed by atoms with E-state index in [9.17, 15) is 9.59 Å². The van der Waals surface area contributed by atoms with E-state index in [4.69, 9.17) is 5.11 Å². The first-order valence-electron chi connectivity index (χ1n) is 6.97. The number of aliphatic carboxylic acids is 1. The van der Waals surface area contributed by atoms with Gasteiger partial charge in [-0.1, -0.05) is 0 Å². The minimum atomic E-state index is -0.875. The zero-order valence-corrected chi connectivity index (χ0v) is 14.3. The van der Waals surface area contributed by atoms with Crippen molar-refractivity contribution in [3.05, 3.63) is 20.8 Å². The van der Waals surface area contributed by atoms with Crippen molar-refractivity contribution in [2.45, 2.75) is 32.4 Å². The number of carboxylic acid groups (broad SMARTS) is 1. The molecule has 1 N–H and O–H groups in total. The fourth-order valence-corrected chi connectivity index (χ4v) is 3.70. The molecule has 0 radical (unpaired) electrons. The summed E-state index contributed by atoms with van der Waals surface area (Å²) in [6, 6.07) is 4.24. The molecular weight excluding hydrogens is 356 g/mol. The quantitative estimate of drug-likeness (QED) is 0.758. The molecule has 2 rings (SSSR count). The minimum Gasteiger partial charge on any atom is -0.480 e. The lowest BCUT2D eigenvalue weighted by atomic mass is 10.3. The fourth-order valence-electron chi connectivity index (χ4n) is 2.20. The topological polar surface area (TPSA) is 60.9 Å². The molecule has 21 heavy (non-hydrogen) atoms. The number of hydrogen-bond acceptors (Lipinski definition) is 4. The first-order chi connectivity index (χ1) is 9.99. The highest BCUT2D eigenvalue weighted by molar-refractivity contribution is 9.11. The summed E-state index contributed by atoms with van der Waals surface area (Å²) in [5, 5.41) is 8.94. The third-order valence-corrected chi connectivity index (χ3v) is 5.06. The second kappa shape index (κ2) is 7.38. The number of carbonyl (C=O) groups excluding carboxylic acids is 1. The van der Waals surface area contributed by atoms with Crippen LogP contribution in [0.4, 0.5) is 0 Å². The molecule has 1 fully saturated rings. The van der Waals surface area contributed by atoms with Crippen molar-refractivity contribution in [2.24, 2.45) is 0 Å². The van der Waals surface area contributed by atoms with Crippen molar-refractivity contribution in [3.63, 3.8) is 0 Å². The van der Waals surface area contributed by atoms with E-state index < -0.39 is 5.97 Å². The van der Waals surface area contributed by atoms with Gasteiger partial charge in [0.25, 0.3) is 0 Å². The molecule has 0 aliphatic heterocycles. The summed E-state index contributed by atoms with van der Waals surface area (Å²) in [6.07, 6.45) is 1.98. The van der Waals surface area contributed by atoms with Crippen molar-refractivity contribution >= 4 is 39.1 Å². The third kappa shape index (κ3) is 5.09. The number of nitrogens with zero attached hydrogens (tertiary/aromatic N) is 2. The van der Waals surface area contributed by atoms with Crippen molar-refractivity contribution in [1.29, 1.82) is 0 Å². The molecule has 0 bridgehead atoms. The summed E-state index contributed by atoms with van der Waals surface area (Å²) in [4.78, 5) is 27.9. The molecule has 1 heterocycles. The number of amides is 1. The summed E-state index contributed by atoms with van der Waals surface area (Å²) in [5.41, 5.74) is 0. The van der Waals surface area contributed by atoms with Crippen LogP contribution in [0, 0.1) is 0 Å². The molecule has 7 heteroatoms. The molecule has 5 nitrogen and oxygen atoms in total. The van der Waals surface area contributed by atoms with Crippen LogP contribution in [0.2, 0.25) is 0 Å². The smallest absolute Gasteiger partial charge is 0.317 e. The number of likely N-dealkylation sites (N-methyl/N-ethyl adjacent to an activating group) is 1. The lowest BCUT2D eigenvalue weighted by molar-refractivity contribution is -0.140. The van der Waals surface area contributed by atoms with E-state index in [1.54, 1.807) is 21.1 Å². The van der Waals surface area contributed by atoms with E-state index >= 15 is 0 Å². The van der Waals surface area contributed by atoms with Gasteiger partial charge in [-0.05, 0) is 47.8 Å². The van der Waals surface area contributed by atoms with Crippen LogP contribution in [0.25, 0.3) is 0 Å². The van der Waals surface area contributed by atoms with Gasteiger partial charge in [0.2, 0.25) is 5.91 Å². The van der Waals surface area contributed by atoms with Gasteiger partial charge >= 0.3 is 5.97 Å². The summed E-state index contributed by atoms with van der Waals surface area (Å²) in [5.74, 6) is -0.880. The van der Waals surface area contributed by atoms with Gasteiger partial charge in [-0.3, -0.25) is 14.5 Å². The van der Waals surface area contributed by atoms with Gasteiger partial charge in [-0.2, -0.15) is 0 Å². The first kappa shape index (κ1) is 16.5. The fraction of sp³-hybridized carbons (Fsp3) is 0.571. The van der Waals surface area contributed by atoms with Gasteiger partial charge in [0, 0.05) is 17.5 Å². The molecule has 1 amide bonds. The number of thiophene rings is 1. The van der Waals surface area contributed by atoms with Gasteiger partial charge < -0.3 is 10.0 Å². The predicted molar refractivity (Wildman–Crippen MR) is 85.3 cm³/mol. The van der Waals surface area contributed by atoms with E-state index in [1.807, 2.05) is 19.1 Å². The van der Waals surface area contributed by atoms with E-state index in [1.165, 1.54) is 0 Å². The van der Waals surface area contributed by atoms with Crippen LogP contribution in [0.15, 0.2) is 15.9 Å². The summed E-state index contributed by atoms with van der Waals surface area (Å²) >= 11 is 5.03. The molecule has 1 aliphatic carbocycles. The molecule has 1 saturated carbocycles. The molecule has 1 aromatic heterocycles. The molecule has 116 valence electrons. The van der Waals surface area contributed by atoms with Crippen LogP contribution < -0.4 is 0 Å². The highest BCUT2D eigenvalue weighted by Gasteiger charge is 2.32. The first-order valence-corrected chi connectivity index (χ1v) is 8.58. The monoisotopic (exact) mass is 374 g/mol. The minimum absolute atomic E-state index is 0.00447. The zero-order valence-electron chi connectivity index (χ0n) is 11.9. The van der Waals surface area contributed by atoms with Gasteiger partial charge in [0.1, 0.15) is 0 Å². The number of carbonyl (C=O) groups is 2. The molecular formula is C14H19BrN2O3S. The van der Waals surface area contributed by atoms with E-state index in [2.05, 4.69) is 15.9 Å². The van der Waals surface area contributed by atoms with Gasteiger partial charge in [0.15, 0.2) is 0 Å². The predicted octanol–water partition coefficient (Wildman–Crippen LogP) is 2.41. The Hall–Kier alpha value is -0.920. The Bertz CT molecular complexity index is 516. The average Bonchev–Trinajstić information content (AvgIpc) is 3.18. The van der Waals surface area contributed by atoms with Crippen molar-refractivity contribution in [2.75, 3.05) is 19.6 Å². The zero-order chi connectivity index (χ0) is 15.4. The van der Waals surface area contributed by atoms with Gasteiger partial charge in [0.05, 0.1) is 23.4 Å². The maximum atomic E-state index is 12.4. The van der Waals surface area contributed by atoms with E-state index in [-0.39, 0.29) is 25.0 Å². The van der Waals surface area contributed by atoms with Crippen LogP contribution in [0.5, 0.6) is 0 Å². The largest absolute Gasteiger partial charge is 0.480 e. The van der Waals surface area contributed by atoms with Crippen molar-refractivity contribution < 1.29 is 14.7 Å². The van der Waals surface area contributed by atoms with Crippen molar-refractivity contribution in [1.82, 2.24) is 9.80 Å². The molecule has 1 aromatic rings. The third-order valence-electron chi connectivity index (χ3n) is 3.45. The van der Waals surface area contributed by atoms with Crippen LogP contribution in [-0.4, -0.2) is 52.5 Å². The number of carboxylic acids is 1. The number of rotatable bonds is 8. The van der Waals surface area contributed by atoms with E-state index in [0.29, 0.717) is 13.1 Å². The SMILES string of the molecule is CCN(Cc1ccc(Br)s1)C(=O)CN(CC(=O)O)C1CC1. The summed E-state index contributed by atoms with van der Waals surface area (Å²) in [7, 11) is 0. The highest BCUT2D eigenvalue weighted by Crippen LogP contribution is 2.27. The second-order valence-corrected chi connectivity index (χ2v) is 7.69. The van der Waals surface area contributed by atoms with Crippen LogP contribution in [0.3, 0.4) is 0 Å². The van der Waals surface area contributed by atoms with Crippen LogP contribution in [0.1, 0.15) is 24.6 Å². The molecule has 0 saturated heterocycles. The maximum Gasteiger partial charge on any atom is 0.317 e. The Balaban J connectivity index is 1.93. The Morgan fingerprint density at radius 3 is 2.57 bits per heavy atom. The molecule has 1 aliphatic rings. The molecule has 0 aromatic carbocycles. The van der Waals surface area contributed by atoms with Crippen LogP contribution >= 0.6 is 27.3 Å². The maximum absolute atomic E-state index is 12.4. The average molecular weight is 375 g/mol.